The highest BCUT2D eigenvalue weighted by molar-refractivity contribution is 5.72. The van der Waals surface area contributed by atoms with Crippen LogP contribution in [0.25, 0.3) is 0 Å². The van der Waals surface area contributed by atoms with Crippen LogP contribution < -0.4 is 4.74 Å². The van der Waals surface area contributed by atoms with E-state index in [4.69, 9.17) is 4.74 Å². The molecule has 1 aromatic rings. The maximum atomic E-state index is 11.2. The molecule has 1 N–H and O–H groups in total. The average Bonchev–Trinajstić information content (AvgIpc) is 2.20. The van der Waals surface area contributed by atoms with E-state index in [1.165, 1.54) is 6.07 Å². The van der Waals surface area contributed by atoms with Gasteiger partial charge in [-0.1, -0.05) is 20.8 Å². The van der Waals surface area contributed by atoms with Crippen molar-refractivity contribution in [2.75, 3.05) is 0 Å². The van der Waals surface area contributed by atoms with Crippen LogP contribution in [0.3, 0.4) is 0 Å². The van der Waals surface area contributed by atoms with Crippen LogP contribution in [0.15, 0.2) is 18.2 Å². The molecule has 0 aliphatic rings. The first-order chi connectivity index (χ1) is 7.04. The third kappa shape index (κ3) is 2.98. The fourth-order valence-corrected chi connectivity index (χ4v) is 1.27. The molecule has 1 aromatic carbocycles. The van der Waals surface area contributed by atoms with E-state index in [1.54, 1.807) is 19.1 Å². The summed E-state index contributed by atoms with van der Waals surface area (Å²) in [5.74, 6) is 0.670. The van der Waals surface area contributed by atoms with Gasteiger partial charge in [-0.05, 0) is 24.1 Å². The molecule has 0 aliphatic heterocycles. The molecule has 0 aliphatic carbocycles. The molecule has 0 saturated heterocycles. The Morgan fingerprint density at radius 1 is 1.47 bits per heavy atom. The molecule has 0 amide bonds. The zero-order chi connectivity index (χ0) is 11.4. The van der Waals surface area contributed by atoms with Gasteiger partial charge in [0.2, 0.25) is 0 Å². The van der Waals surface area contributed by atoms with Crippen LogP contribution in [0.4, 0.5) is 0 Å². The molecule has 0 fully saturated rings. The maximum Gasteiger partial charge on any atom is 0.310 e. The van der Waals surface area contributed by atoms with Crippen molar-refractivity contribution in [1.29, 1.82) is 0 Å². The lowest BCUT2D eigenvalue weighted by Gasteiger charge is -2.12. The quantitative estimate of drug-likeness (QED) is 0.613. The molecule has 15 heavy (non-hydrogen) atoms. The number of hydrogen-bond donors (Lipinski definition) is 1. The molecule has 0 radical (unpaired) electrons. The van der Waals surface area contributed by atoms with Gasteiger partial charge in [0.25, 0.3) is 0 Å². The molecule has 0 heterocycles. The second-order valence-corrected chi connectivity index (χ2v) is 3.70. The zero-order valence-electron chi connectivity index (χ0n) is 9.28. The van der Waals surface area contributed by atoms with Crippen molar-refractivity contribution in [2.45, 2.75) is 33.1 Å². The van der Waals surface area contributed by atoms with E-state index < -0.39 is 0 Å². The number of rotatable bonds is 3. The van der Waals surface area contributed by atoms with Crippen LogP contribution in [0.1, 0.15) is 38.7 Å². The van der Waals surface area contributed by atoms with Crippen LogP contribution in [0.2, 0.25) is 0 Å². The Labute approximate surface area is 89.7 Å². The second kappa shape index (κ2) is 4.82. The second-order valence-electron chi connectivity index (χ2n) is 3.70. The number of carbonyl (C=O) groups is 1. The summed E-state index contributed by atoms with van der Waals surface area (Å²) in [5.41, 5.74) is 0.844. The van der Waals surface area contributed by atoms with Crippen molar-refractivity contribution in [3.05, 3.63) is 23.8 Å². The third-order valence-electron chi connectivity index (χ3n) is 2.13. The van der Waals surface area contributed by atoms with Crippen LogP contribution in [-0.4, -0.2) is 11.1 Å². The lowest BCUT2D eigenvalue weighted by atomic mass is 10.0. The zero-order valence-corrected chi connectivity index (χ0v) is 9.28. The molecular weight excluding hydrogens is 192 g/mol. The van der Waals surface area contributed by atoms with Crippen molar-refractivity contribution in [3.63, 3.8) is 0 Å². The minimum Gasteiger partial charge on any atom is -0.508 e. The summed E-state index contributed by atoms with van der Waals surface area (Å²) >= 11 is 0. The lowest BCUT2D eigenvalue weighted by Crippen LogP contribution is -2.07. The first-order valence-electron chi connectivity index (χ1n) is 5.08. The Kier molecular flexibility index (Phi) is 3.72. The smallest absolute Gasteiger partial charge is 0.310 e. The predicted molar refractivity (Wildman–Crippen MR) is 58.1 cm³/mol. The summed E-state index contributed by atoms with van der Waals surface area (Å²) < 4.78 is 5.16. The standard InChI is InChI=1S/C12H16O3/c1-4-12(14)15-11-6-5-9(13)7-10(11)8(2)3/h5-8,13H,4H2,1-3H3. The molecule has 82 valence electrons. The Bertz CT molecular complexity index is 356. The number of ether oxygens (including phenoxy) is 1. The molecule has 0 saturated carbocycles. The van der Waals surface area contributed by atoms with E-state index in [-0.39, 0.29) is 17.6 Å². The molecule has 0 spiro atoms. The summed E-state index contributed by atoms with van der Waals surface area (Å²) in [7, 11) is 0. The summed E-state index contributed by atoms with van der Waals surface area (Å²) in [6.07, 6.45) is 0.346. The number of phenolic OH excluding ortho intramolecular Hbond substituents is 1. The number of hydrogen-bond acceptors (Lipinski definition) is 3. The number of carbonyl (C=O) groups excluding carboxylic acids is 1. The van der Waals surface area contributed by atoms with Crippen LogP contribution in [-0.2, 0) is 4.79 Å². The molecule has 3 nitrogen and oxygen atoms in total. The topological polar surface area (TPSA) is 46.5 Å². The highest BCUT2D eigenvalue weighted by Crippen LogP contribution is 2.30. The largest absolute Gasteiger partial charge is 0.508 e. The van der Waals surface area contributed by atoms with Crippen LogP contribution in [0.5, 0.6) is 11.5 Å². The molecule has 0 aromatic heterocycles. The molecular formula is C12H16O3. The Morgan fingerprint density at radius 2 is 2.13 bits per heavy atom. The van der Waals surface area contributed by atoms with Gasteiger partial charge in [-0.15, -0.1) is 0 Å². The first-order valence-corrected chi connectivity index (χ1v) is 5.08. The van der Waals surface area contributed by atoms with Crippen molar-refractivity contribution in [3.8, 4) is 11.5 Å². The summed E-state index contributed by atoms with van der Waals surface area (Å²) in [6.45, 7) is 5.72. The monoisotopic (exact) mass is 208 g/mol. The minimum atomic E-state index is -0.261. The van der Waals surface area contributed by atoms with Gasteiger partial charge in [-0.3, -0.25) is 4.79 Å². The SMILES string of the molecule is CCC(=O)Oc1ccc(O)cc1C(C)C. The number of aromatic hydroxyl groups is 1. The highest BCUT2D eigenvalue weighted by atomic mass is 16.5. The van der Waals surface area contributed by atoms with Gasteiger partial charge in [0.05, 0.1) is 0 Å². The van der Waals surface area contributed by atoms with E-state index in [0.717, 1.165) is 5.56 Å². The van der Waals surface area contributed by atoms with Gasteiger partial charge in [-0.2, -0.15) is 0 Å². The predicted octanol–water partition coefficient (Wildman–Crippen LogP) is 2.83. The number of esters is 1. The Morgan fingerprint density at radius 3 is 2.67 bits per heavy atom. The van der Waals surface area contributed by atoms with Gasteiger partial charge >= 0.3 is 5.97 Å². The molecule has 0 atom stereocenters. The van der Waals surface area contributed by atoms with Crippen LogP contribution >= 0.6 is 0 Å². The van der Waals surface area contributed by atoms with Crippen molar-refractivity contribution < 1.29 is 14.6 Å². The van der Waals surface area contributed by atoms with E-state index in [0.29, 0.717) is 12.2 Å². The van der Waals surface area contributed by atoms with Crippen molar-refractivity contribution in [1.82, 2.24) is 0 Å². The highest BCUT2D eigenvalue weighted by Gasteiger charge is 2.11. The molecule has 3 heteroatoms. The fraction of sp³-hybridized carbons (Fsp3) is 0.417. The number of phenols is 1. The van der Waals surface area contributed by atoms with E-state index in [2.05, 4.69) is 0 Å². The number of benzene rings is 1. The molecule has 0 bridgehead atoms. The molecule has 0 unspecified atom stereocenters. The Hall–Kier alpha value is -1.51. The van der Waals surface area contributed by atoms with Gasteiger partial charge < -0.3 is 9.84 Å². The summed E-state index contributed by atoms with van der Waals surface area (Å²) in [5, 5.41) is 9.34. The van der Waals surface area contributed by atoms with Gasteiger partial charge in [0, 0.05) is 12.0 Å². The fourth-order valence-electron chi connectivity index (χ4n) is 1.27. The Balaban J connectivity index is 3.00. The lowest BCUT2D eigenvalue weighted by molar-refractivity contribution is -0.134. The van der Waals surface area contributed by atoms with E-state index in [9.17, 15) is 9.90 Å². The van der Waals surface area contributed by atoms with E-state index >= 15 is 0 Å². The first kappa shape index (κ1) is 11.6. The molecule has 1 rings (SSSR count). The minimum absolute atomic E-state index is 0.190. The summed E-state index contributed by atoms with van der Waals surface area (Å²) in [6, 6.07) is 4.77. The summed E-state index contributed by atoms with van der Waals surface area (Å²) in [4.78, 5) is 11.2. The normalized spacial score (nSPS) is 10.4. The van der Waals surface area contributed by atoms with E-state index in [1.807, 2.05) is 13.8 Å². The maximum absolute atomic E-state index is 11.2. The third-order valence-corrected chi connectivity index (χ3v) is 2.13. The van der Waals surface area contributed by atoms with Gasteiger partial charge in [0.15, 0.2) is 0 Å². The van der Waals surface area contributed by atoms with Crippen molar-refractivity contribution in [2.24, 2.45) is 0 Å². The van der Waals surface area contributed by atoms with Crippen LogP contribution in [0, 0.1) is 0 Å². The van der Waals surface area contributed by atoms with Gasteiger partial charge in [0.1, 0.15) is 11.5 Å². The van der Waals surface area contributed by atoms with Crippen molar-refractivity contribution >= 4 is 5.97 Å². The van der Waals surface area contributed by atoms with Gasteiger partial charge in [-0.25, -0.2) is 0 Å². The average molecular weight is 208 g/mol.